The number of carbonyl (C=O) groups is 2. The molecule has 7 heteroatoms. The lowest BCUT2D eigenvalue weighted by atomic mass is 9.99. The summed E-state index contributed by atoms with van der Waals surface area (Å²) in [6, 6.07) is 0.970. The number of nitrogens with zero attached hydrogens (tertiary/aromatic N) is 2. The van der Waals surface area contributed by atoms with Gasteiger partial charge in [0, 0.05) is 6.54 Å². The van der Waals surface area contributed by atoms with Crippen molar-refractivity contribution in [2.45, 2.75) is 25.3 Å². The van der Waals surface area contributed by atoms with E-state index < -0.39 is 23.2 Å². The maximum absolute atomic E-state index is 13.1. The summed E-state index contributed by atoms with van der Waals surface area (Å²) in [5.41, 5.74) is -1.40. The van der Waals surface area contributed by atoms with Crippen molar-refractivity contribution in [3.63, 3.8) is 0 Å². The van der Waals surface area contributed by atoms with E-state index >= 15 is 0 Å². The average molecular weight is 287 g/mol. The Morgan fingerprint density at radius 2 is 2.26 bits per heavy atom. The number of carbonyl (C=O) groups excluding carboxylic acids is 1. The van der Waals surface area contributed by atoms with Gasteiger partial charge in [0.15, 0.2) is 0 Å². The second kappa shape index (κ2) is 4.77. The van der Waals surface area contributed by atoms with Crippen LogP contribution in [0, 0.1) is 5.82 Å². The molecule has 0 saturated carbocycles. The van der Waals surface area contributed by atoms with E-state index in [0.29, 0.717) is 19.4 Å². The minimum Gasteiger partial charge on any atom is -0.480 e. The summed E-state index contributed by atoms with van der Waals surface area (Å²) in [7, 11) is 0. The zero-order valence-corrected chi connectivity index (χ0v) is 10.9. The molecule has 0 radical (unpaired) electrons. The van der Waals surface area contributed by atoms with Crippen LogP contribution in [0.1, 0.15) is 30.1 Å². The molecule has 1 amide bonds. The van der Waals surface area contributed by atoms with Crippen LogP contribution in [0.25, 0.3) is 0 Å². The van der Waals surface area contributed by atoms with E-state index in [1.165, 1.54) is 11.8 Å². The van der Waals surface area contributed by atoms with Crippen LogP contribution in [-0.4, -0.2) is 39.0 Å². The van der Waals surface area contributed by atoms with Crippen molar-refractivity contribution in [1.82, 2.24) is 9.88 Å². The molecule has 5 nitrogen and oxygen atoms in total. The number of aliphatic carboxylic acids is 1. The first kappa shape index (κ1) is 13.7. The number of halogens is 2. The molecule has 1 atom stereocenters. The third kappa shape index (κ3) is 2.28. The number of rotatable bonds is 2. The van der Waals surface area contributed by atoms with Gasteiger partial charge < -0.3 is 10.0 Å². The van der Waals surface area contributed by atoms with Gasteiger partial charge in [0.25, 0.3) is 5.91 Å². The fourth-order valence-electron chi connectivity index (χ4n) is 2.23. The second-order valence-electron chi connectivity index (χ2n) is 4.63. The third-order valence-corrected chi connectivity index (χ3v) is 3.68. The van der Waals surface area contributed by atoms with E-state index in [4.69, 9.17) is 11.6 Å². The van der Waals surface area contributed by atoms with E-state index in [0.717, 1.165) is 12.3 Å². The first-order valence-electron chi connectivity index (χ1n) is 5.72. The number of amides is 1. The van der Waals surface area contributed by atoms with Gasteiger partial charge in [0.2, 0.25) is 0 Å². The van der Waals surface area contributed by atoms with E-state index in [1.807, 2.05) is 0 Å². The summed E-state index contributed by atoms with van der Waals surface area (Å²) in [5, 5.41) is 9.11. The van der Waals surface area contributed by atoms with E-state index in [-0.39, 0.29) is 10.7 Å². The fourth-order valence-corrected chi connectivity index (χ4v) is 2.41. The van der Waals surface area contributed by atoms with E-state index in [1.54, 1.807) is 0 Å². The number of likely N-dealkylation sites (tertiary alicyclic amines) is 1. The monoisotopic (exact) mass is 286 g/mol. The number of pyridine rings is 1. The topological polar surface area (TPSA) is 70.5 Å². The lowest BCUT2D eigenvalue weighted by molar-refractivity contribution is -0.147. The van der Waals surface area contributed by atoms with Crippen LogP contribution in [0.4, 0.5) is 4.39 Å². The quantitative estimate of drug-likeness (QED) is 0.844. The van der Waals surface area contributed by atoms with Crippen LogP contribution in [-0.2, 0) is 4.79 Å². The summed E-state index contributed by atoms with van der Waals surface area (Å²) in [4.78, 5) is 28.4. The summed E-state index contributed by atoms with van der Waals surface area (Å²) in [6.45, 7) is 1.77. The summed E-state index contributed by atoms with van der Waals surface area (Å²) in [5.74, 6) is -2.39. The number of hydrogen-bond donors (Lipinski definition) is 1. The highest BCUT2D eigenvalue weighted by Gasteiger charge is 2.46. The molecule has 0 aliphatic carbocycles. The Labute approximate surface area is 114 Å². The number of carboxylic acid groups (broad SMARTS) is 1. The van der Waals surface area contributed by atoms with Crippen LogP contribution >= 0.6 is 11.6 Å². The number of aromatic nitrogens is 1. The van der Waals surface area contributed by atoms with Crippen LogP contribution in [0.2, 0.25) is 5.15 Å². The second-order valence-corrected chi connectivity index (χ2v) is 4.99. The highest BCUT2D eigenvalue weighted by Crippen LogP contribution is 2.31. The molecule has 1 fully saturated rings. The fraction of sp³-hybridized carbons (Fsp3) is 0.417. The first-order chi connectivity index (χ1) is 8.86. The molecule has 1 aromatic rings. The normalized spacial score (nSPS) is 22.6. The maximum atomic E-state index is 13.1. The summed E-state index contributed by atoms with van der Waals surface area (Å²) >= 11 is 5.77. The highest BCUT2D eigenvalue weighted by molar-refractivity contribution is 6.32. The number of carboxylic acids is 1. The standard InChI is InChI=1S/C12H12ClFN2O3/c1-12(11(18)19)3-2-4-16(12)10(17)8-5-7(14)6-15-9(8)13/h5-6H,2-4H2,1H3,(H,18,19). The lowest BCUT2D eigenvalue weighted by Crippen LogP contribution is -2.50. The molecule has 102 valence electrons. The van der Waals surface area contributed by atoms with Crippen LogP contribution in [0.5, 0.6) is 0 Å². The molecule has 2 heterocycles. The van der Waals surface area contributed by atoms with Crippen LogP contribution < -0.4 is 0 Å². The zero-order chi connectivity index (χ0) is 14.2. The van der Waals surface area contributed by atoms with Crippen LogP contribution in [0.15, 0.2) is 12.3 Å². The van der Waals surface area contributed by atoms with E-state index in [9.17, 15) is 19.1 Å². The Kier molecular flexibility index (Phi) is 3.45. The minimum absolute atomic E-state index is 0.115. The van der Waals surface area contributed by atoms with Crippen molar-refractivity contribution in [1.29, 1.82) is 0 Å². The summed E-state index contributed by atoms with van der Waals surface area (Å²) < 4.78 is 13.1. The van der Waals surface area contributed by atoms with E-state index in [2.05, 4.69) is 4.98 Å². The largest absolute Gasteiger partial charge is 0.480 e. The predicted molar refractivity (Wildman–Crippen MR) is 65.5 cm³/mol. The SMILES string of the molecule is CC1(C(=O)O)CCCN1C(=O)c1cc(F)cnc1Cl. The van der Waals surface area contributed by atoms with Crippen molar-refractivity contribution in [3.05, 3.63) is 28.8 Å². The van der Waals surface area contributed by atoms with Crippen molar-refractivity contribution >= 4 is 23.5 Å². The van der Waals surface area contributed by atoms with Crippen molar-refractivity contribution in [2.75, 3.05) is 6.54 Å². The molecular formula is C12H12ClFN2O3. The van der Waals surface area contributed by atoms with Gasteiger partial charge >= 0.3 is 5.97 Å². The molecule has 1 aliphatic rings. The summed E-state index contributed by atoms with van der Waals surface area (Å²) in [6.07, 6.45) is 1.84. The Balaban J connectivity index is 2.39. The van der Waals surface area contributed by atoms with Crippen molar-refractivity contribution in [3.8, 4) is 0 Å². The van der Waals surface area contributed by atoms with Gasteiger partial charge in [-0.25, -0.2) is 14.2 Å². The van der Waals surface area contributed by atoms with Gasteiger partial charge in [-0.2, -0.15) is 0 Å². The zero-order valence-electron chi connectivity index (χ0n) is 10.2. The van der Waals surface area contributed by atoms with Gasteiger partial charge in [0.1, 0.15) is 16.5 Å². The molecule has 0 bridgehead atoms. The van der Waals surface area contributed by atoms with Gasteiger partial charge in [-0.15, -0.1) is 0 Å². The third-order valence-electron chi connectivity index (χ3n) is 3.38. The molecule has 1 aliphatic heterocycles. The minimum atomic E-state index is -1.28. The maximum Gasteiger partial charge on any atom is 0.329 e. The average Bonchev–Trinajstić information content (AvgIpc) is 2.75. The van der Waals surface area contributed by atoms with Gasteiger partial charge in [-0.05, 0) is 25.8 Å². The molecule has 0 spiro atoms. The van der Waals surface area contributed by atoms with Gasteiger partial charge in [-0.3, -0.25) is 4.79 Å². The molecule has 19 heavy (non-hydrogen) atoms. The molecule has 1 unspecified atom stereocenters. The Hall–Kier alpha value is -1.69. The Morgan fingerprint density at radius 1 is 1.58 bits per heavy atom. The lowest BCUT2D eigenvalue weighted by Gasteiger charge is -2.31. The molecule has 1 saturated heterocycles. The predicted octanol–water partition coefficient (Wildman–Crippen LogP) is 1.95. The smallest absolute Gasteiger partial charge is 0.329 e. The molecular weight excluding hydrogens is 275 g/mol. The molecule has 1 N–H and O–H groups in total. The molecule has 2 rings (SSSR count). The van der Waals surface area contributed by atoms with Gasteiger partial charge in [-0.1, -0.05) is 11.6 Å². The highest BCUT2D eigenvalue weighted by atomic mass is 35.5. The van der Waals surface area contributed by atoms with Crippen LogP contribution in [0.3, 0.4) is 0 Å². The Morgan fingerprint density at radius 3 is 2.89 bits per heavy atom. The molecule has 0 aromatic carbocycles. The number of hydrogen-bond acceptors (Lipinski definition) is 3. The molecule has 1 aromatic heterocycles. The first-order valence-corrected chi connectivity index (χ1v) is 6.10. The van der Waals surface area contributed by atoms with Crippen molar-refractivity contribution < 1.29 is 19.1 Å². The van der Waals surface area contributed by atoms with Crippen molar-refractivity contribution in [2.24, 2.45) is 0 Å². The van der Waals surface area contributed by atoms with Gasteiger partial charge in [0.05, 0.1) is 11.8 Å². The Bertz CT molecular complexity index is 552.